The van der Waals surface area contributed by atoms with Gasteiger partial charge in [0.1, 0.15) is 0 Å². The summed E-state index contributed by atoms with van der Waals surface area (Å²) in [6, 6.07) is 0. The zero-order valence-corrected chi connectivity index (χ0v) is 5.80. The average molecular weight is 120 g/mol. The van der Waals surface area contributed by atoms with E-state index in [9.17, 15) is 0 Å². The summed E-state index contributed by atoms with van der Waals surface area (Å²) in [4.78, 5) is 0. The van der Waals surface area contributed by atoms with E-state index in [1.165, 1.54) is 12.8 Å². The van der Waals surface area contributed by atoms with Crippen LogP contribution in [0.4, 0.5) is 0 Å². The average Bonchev–Trinajstić information content (AvgIpc) is 2.46. The maximum atomic E-state index is 2.37. The zero-order chi connectivity index (χ0) is 6.32. The van der Waals surface area contributed by atoms with Crippen molar-refractivity contribution < 1.29 is 0 Å². The highest BCUT2D eigenvalue weighted by Gasteiger charge is 2.42. The number of hydrogen-bond donors (Lipinski definition) is 0. The minimum Gasteiger partial charge on any atom is -0.0771 e. The van der Waals surface area contributed by atoms with Gasteiger partial charge < -0.3 is 0 Å². The first kappa shape index (κ1) is 5.28. The molecule has 48 valence electrons. The van der Waals surface area contributed by atoms with Gasteiger partial charge in [0.25, 0.3) is 0 Å². The van der Waals surface area contributed by atoms with Crippen LogP contribution in [-0.4, -0.2) is 0 Å². The van der Waals surface area contributed by atoms with Crippen molar-refractivity contribution in [3.05, 3.63) is 24.3 Å². The largest absolute Gasteiger partial charge is 0.0771 e. The lowest BCUT2D eigenvalue weighted by Crippen LogP contribution is -2.04. The van der Waals surface area contributed by atoms with Gasteiger partial charge >= 0.3 is 0 Å². The second-order valence-corrected chi connectivity index (χ2v) is 3.45. The van der Waals surface area contributed by atoms with Crippen LogP contribution in [0.5, 0.6) is 0 Å². The molecular formula is C9H12. The van der Waals surface area contributed by atoms with E-state index in [1.54, 1.807) is 0 Å². The third-order valence-electron chi connectivity index (χ3n) is 2.59. The molecule has 1 saturated carbocycles. The fourth-order valence-corrected chi connectivity index (χ4v) is 1.43. The molecule has 2 aliphatic rings. The third-order valence-corrected chi connectivity index (χ3v) is 2.59. The van der Waals surface area contributed by atoms with Crippen LogP contribution < -0.4 is 0 Å². The first-order valence-corrected chi connectivity index (χ1v) is 3.66. The Labute approximate surface area is 56.3 Å². The molecule has 0 amide bonds. The number of hydrogen-bond acceptors (Lipinski definition) is 0. The molecule has 0 heterocycles. The van der Waals surface area contributed by atoms with Crippen LogP contribution in [0, 0.1) is 11.3 Å². The Hall–Kier alpha value is -0.520. The summed E-state index contributed by atoms with van der Waals surface area (Å²) < 4.78 is 0. The maximum Gasteiger partial charge on any atom is 0.000664 e. The summed E-state index contributed by atoms with van der Waals surface area (Å²) in [5.74, 6) is 0.762. The Morgan fingerprint density at radius 1 is 1.22 bits per heavy atom. The second-order valence-electron chi connectivity index (χ2n) is 3.45. The van der Waals surface area contributed by atoms with E-state index in [1.807, 2.05) is 0 Å². The maximum absolute atomic E-state index is 2.37. The standard InChI is InChI=1S/C9H12/c1-9(6-7-9)8-4-2-3-5-8/h2-5,8H,6-7H2,1H3. The third kappa shape index (κ3) is 0.735. The van der Waals surface area contributed by atoms with Gasteiger partial charge in [0, 0.05) is 5.92 Å². The van der Waals surface area contributed by atoms with Crippen LogP contribution in [0.25, 0.3) is 0 Å². The minimum absolute atomic E-state index is 0.656. The molecule has 0 aliphatic heterocycles. The first-order chi connectivity index (χ1) is 4.31. The monoisotopic (exact) mass is 120 g/mol. The van der Waals surface area contributed by atoms with Crippen LogP contribution in [-0.2, 0) is 0 Å². The predicted octanol–water partition coefficient (Wildman–Crippen LogP) is 2.53. The first-order valence-electron chi connectivity index (χ1n) is 3.66. The van der Waals surface area contributed by atoms with Crippen LogP contribution >= 0.6 is 0 Å². The Kier molecular flexibility index (Phi) is 0.879. The Morgan fingerprint density at radius 2 is 1.78 bits per heavy atom. The highest BCUT2D eigenvalue weighted by Crippen LogP contribution is 2.53. The summed E-state index contributed by atoms with van der Waals surface area (Å²) in [5.41, 5.74) is 0.656. The van der Waals surface area contributed by atoms with Crippen molar-refractivity contribution in [2.24, 2.45) is 11.3 Å². The van der Waals surface area contributed by atoms with Crippen molar-refractivity contribution in [1.82, 2.24) is 0 Å². The quantitative estimate of drug-likeness (QED) is 0.499. The lowest BCUT2D eigenvalue weighted by molar-refractivity contribution is 0.484. The van der Waals surface area contributed by atoms with Gasteiger partial charge in [-0.2, -0.15) is 0 Å². The normalized spacial score (nSPS) is 29.4. The van der Waals surface area contributed by atoms with Gasteiger partial charge in [-0.15, -0.1) is 0 Å². The molecule has 0 aromatic heterocycles. The molecule has 1 fully saturated rings. The highest BCUT2D eigenvalue weighted by atomic mass is 14.5. The molecule has 0 aromatic carbocycles. The van der Waals surface area contributed by atoms with Crippen LogP contribution in [0.1, 0.15) is 19.8 Å². The van der Waals surface area contributed by atoms with E-state index < -0.39 is 0 Å². The van der Waals surface area contributed by atoms with Crippen molar-refractivity contribution >= 4 is 0 Å². The molecule has 0 unspecified atom stereocenters. The molecular weight excluding hydrogens is 108 g/mol. The summed E-state index contributed by atoms with van der Waals surface area (Å²) in [6.45, 7) is 2.37. The Bertz CT molecular complexity index is 158. The summed E-state index contributed by atoms with van der Waals surface area (Å²) in [6.07, 6.45) is 11.8. The van der Waals surface area contributed by atoms with Gasteiger partial charge in [-0.1, -0.05) is 31.2 Å². The lowest BCUT2D eigenvalue weighted by Gasteiger charge is -2.11. The van der Waals surface area contributed by atoms with Crippen molar-refractivity contribution in [1.29, 1.82) is 0 Å². The molecule has 0 bridgehead atoms. The van der Waals surface area contributed by atoms with Gasteiger partial charge in [-0.05, 0) is 18.3 Å². The molecule has 0 aromatic rings. The van der Waals surface area contributed by atoms with Crippen LogP contribution in [0.3, 0.4) is 0 Å². The summed E-state index contributed by atoms with van der Waals surface area (Å²) >= 11 is 0. The minimum atomic E-state index is 0.656. The van der Waals surface area contributed by atoms with Crippen molar-refractivity contribution in [2.45, 2.75) is 19.8 Å². The summed E-state index contributed by atoms with van der Waals surface area (Å²) in [5, 5.41) is 0. The van der Waals surface area contributed by atoms with Crippen molar-refractivity contribution in [2.75, 3.05) is 0 Å². The van der Waals surface area contributed by atoms with Gasteiger partial charge in [0.15, 0.2) is 0 Å². The molecule has 2 aliphatic carbocycles. The fraction of sp³-hybridized carbons (Fsp3) is 0.556. The van der Waals surface area contributed by atoms with Gasteiger partial charge in [-0.3, -0.25) is 0 Å². The molecule has 0 heteroatoms. The van der Waals surface area contributed by atoms with Crippen molar-refractivity contribution in [3.63, 3.8) is 0 Å². The summed E-state index contributed by atoms with van der Waals surface area (Å²) in [7, 11) is 0. The molecule has 9 heavy (non-hydrogen) atoms. The predicted molar refractivity (Wildman–Crippen MR) is 39.1 cm³/mol. The van der Waals surface area contributed by atoms with E-state index in [2.05, 4.69) is 31.2 Å². The van der Waals surface area contributed by atoms with E-state index in [-0.39, 0.29) is 0 Å². The van der Waals surface area contributed by atoms with E-state index >= 15 is 0 Å². The topological polar surface area (TPSA) is 0 Å². The number of allylic oxidation sites excluding steroid dienone is 4. The van der Waals surface area contributed by atoms with Gasteiger partial charge in [-0.25, -0.2) is 0 Å². The van der Waals surface area contributed by atoms with E-state index in [0.717, 1.165) is 5.92 Å². The molecule has 0 spiro atoms. The number of rotatable bonds is 1. The van der Waals surface area contributed by atoms with Crippen LogP contribution in [0.2, 0.25) is 0 Å². The molecule has 2 rings (SSSR count). The molecule has 0 saturated heterocycles. The van der Waals surface area contributed by atoms with Crippen LogP contribution in [0.15, 0.2) is 24.3 Å². The molecule has 0 nitrogen and oxygen atoms in total. The van der Waals surface area contributed by atoms with Crippen molar-refractivity contribution in [3.8, 4) is 0 Å². The second kappa shape index (κ2) is 1.50. The SMILES string of the molecule is CC1(C2C=CC=C2)CC1. The Balaban J connectivity index is 2.14. The van der Waals surface area contributed by atoms with Gasteiger partial charge in [0.2, 0.25) is 0 Å². The fourth-order valence-electron chi connectivity index (χ4n) is 1.43. The molecule has 0 N–H and O–H groups in total. The van der Waals surface area contributed by atoms with E-state index in [4.69, 9.17) is 0 Å². The Morgan fingerprint density at radius 3 is 2.22 bits per heavy atom. The smallest absolute Gasteiger partial charge is 0.000664 e. The van der Waals surface area contributed by atoms with E-state index in [0.29, 0.717) is 5.41 Å². The zero-order valence-electron chi connectivity index (χ0n) is 5.80. The lowest BCUT2D eigenvalue weighted by atomic mass is 9.93. The molecule has 0 radical (unpaired) electrons. The van der Waals surface area contributed by atoms with Gasteiger partial charge in [0.05, 0.1) is 0 Å². The highest BCUT2D eigenvalue weighted by molar-refractivity contribution is 5.23. The molecule has 0 atom stereocenters.